The molecule has 0 spiro atoms. The van der Waals surface area contributed by atoms with Crippen LogP contribution in [0.25, 0.3) is 6.08 Å². The van der Waals surface area contributed by atoms with Crippen LogP contribution >= 0.6 is 0 Å². The van der Waals surface area contributed by atoms with Crippen LogP contribution in [0.15, 0.2) is 73.1 Å². The number of aromatic nitrogens is 1. The van der Waals surface area contributed by atoms with E-state index in [0.29, 0.717) is 23.0 Å². The van der Waals surface area contributed by atoms with E-state index in [1.807, 2.05) is 24.3 Å². The molecule has 3 rings (SSSR count). The molecular formula is C24H20N2O5. The van der Waals surface area contributed by atoms with E-state index >= 15 is 0 Å². The van der Waals surface area contributed by atoms with Crippen molar-refractivity contribution in [2.45, 2.75) is 6.61 Å². The first kappa shape index (κ1) is 21.4. The first-order valence-electron chi connectivity index (χ1n) is 9.38. The molecule has 0 saturated heterocycles. The Bertz CT molecular complexity index is 1090. The monoisotopic (exact) mass is 416 g/mol. The van der Waals surface area contributed by atoms with Crippen molar-refractivity contribution < 1.29 is 23.7 Å². The van der Waals surface area contributed by atoms with Gasteiger partial charge in [-0.1, -0.05) is 24.3 Å². The van der Waals surface area contributed by atoms with E-state index in [1.54, 1.807) is 54.9 Å². The lowest BCUT2D eigenvalue weighted by Gasteiger charge is -2.10. The average molecular weight is 416 g/mol. The van der Waals surface area contributed by atoms with Crippen molar-refractivity contribution in [3.05, 3.63) is 84.2 Å². The molecule has 156 valence electrons. The maximum absolute atomic E-state index is 12.2. The fraction of sp³-hybridized carbons (Fsp3) is 0.125. The van der Waals surface area contributed by atoms with Gasteiger partial charge in [0.1, 0.15) is 24.2 Å². The number of para-hydroxylation sites is 1. The summed E-state index contributed by atoms with van der Waals surface area (Å²) in [6.07, 6.45) is 6.21. The number of benzene rings is 2. The lowest BCUT2D eigenvalue weighted by molar-refractivity contribution is -0.138. The zero-order valence-electron chi connectivity index (χ0n) is 16.9. The Morgan fingerprint density at radius 2 is 1.97 bits per heavy atom. The third-order valence-corrected chi connectivity index (χ3v) is 4.10. The maximum atomic E-state index is 12.2. The van der Waals surface area contributed by atoms with Crippen LogP contribution in [-0.2, 0) is 16.1 Å². The molecule has 0 aliphatic carbocycles. The molecule has 0 atom stereocenters. The molecular weight excluding hydrogens is 396 g/mol. The molecule has 0 aliphatic rings. The summed E-state index contributed by atoms with van der Waals surface area (Å²) in [4.78, 5) is 16.2. The predicted octanol–water partition coefficient (Wildman–Crippen LogP) is 4.54. The largest absolute Gasteiger partial charge is 0.493 e. The van der Waals surface area contributed by atoms with Crippen molar-refractivity contribution in [3.63, 3.8) is 0 Å². The molecule has 7 heteroatoms. The minimum absolute atomic E-state index is 0.0594. The van der Waals surface area contributed by atoms with Gasteiger partial charge in [0.2, 0.25) is 0 Å². The first-order chi connectivity index (χ1) is 15.2. The van der Waals surface area contributed by atoms with E-state index < -0.39 is 5.97 Å². The second kappa shape index (κ2) is 11.0. The molecule has 0 aliphatic heterocycles. The number of esters is 1. The molecule has 0 bridgehead atoms. The Hall–Kier alpha value is -4.31. The average Bonchev–Trinajstić information content (AvgIpc) is 2.81. The second-order valence-electron chi connectivity index (χ2n) is 6.20. The molecule has 0 radical (unpaired) electrons. The number of pyridine rings is 1. The number of nitriles is 1. The topological polar surface area (TPSA) is 90.7 Å². The maximum Gasteiger partial charge on any atom is 0.331 e. The van der Waals surface area contributed by atoms with Gasteiger partial charge in [-0.05, 0) is 42.0 Å². The predicted molar refractivity (Wildman–Crippen MR) is 114 cm³/mol. The molecule has 31 heavy (non-hydrogen) atoms. The van der Waals surface area contributed by atoms with Crippen LogP contribution in [-0.4, -0.2) is 24.7 Å². The van der Waals surface area contributed by atoms with Crippen LogP contribution in [0.3, 0.4) is 0 Å². The van der Waals surface area contributed by atoms with Crippen molar-refractivity contribution in [2.24, 2.45) is 0 Å². The lowest BCUT2D eigenvalue weighted by atomic mass is 10.2. The van der Waals surface area contributed by atoms with Crippen LogP contribution in [0.5, 0.6) is 23.0 Å². The number of hydrogen-bond donors (Lipinski definition) is 0. The number of carbonyl (C=O) groups excluding carboxylic acids is 1. The smallest absolute Gasteiger partial charge is 0.331 e. The normalized spacial score (nSPS) is 10.3. The quantitative estimate of drug-likeness (QED) is 0.373. The summed E-state index contributed by atoms with van der Waals surface area (Å²) >= 11 is 0. The van der Waals surface area contributed by atoms with Gasteiger partial charge in [-0.15, -0.1) is 0 Å². The molecule has 0 N–H and O–H groups in total. The number of methoxy groups -OCH3 is 1. The van der Waals surface area contributed by atoms with Gasteiger partial charge in [-0.25, -0.2) is 4.79 Å². The molecule has 7 nitrogen and oxygen atoms in total. The van der Waals surface area contributed by atoms with Crippen LogP contribution in [0, 0.1) is 11.3 Å². The van der Waals surface area contributed by atoms with Gasteiger partial charge in [-0.2, -0.15) is 5.26 Å². The third kappa shape index (κ3) is 6.34. The van der Waals surface area contributed by atoms with Gasteiger partial charge in [0.05, 0.1) is 13.3 Å². The van der Waals surface area contributed by atoms with Gasteiger partial charge in [0, 0.05) is 17.8 Å². The Kier molecular flexibility index (Phi) is 7.61. The van der Waals surface area contributed by atoms with Crippen LogP contribution in [0.1, 0.15) is 11.1 Å². The molecule has 0 saturated carbocycles. The Morgan fingerprint density at radius 1 is 1.10 bits per heavy atom. The summed E-state index contributed by atoms with van der Waals surface area (Å²) in [6.45, 7) is -0.0201. The summed E-state index contributed by atoms with van der Waals surface area (Å²) in [6, 6.07) is 17.9. The van der Waals surface area contributed by atoms with Crippen molar-refractivity contribution >= 4 is 12.0 Å². The molecule has 0 unspecified atom stereocenters. The molecule has 0 amide bonds. The fourth-order valence-electron chi connectivity index (χ4n) is 2.64. The minimum Gasteiger partial charge on any atom is -0.493 e. The highest BCUT2D eigenvalue weighted by Gasteiger charge is 2.08. The van der Waals surface area contributed by atoms with E-state index in [0.717, 1.165) is 11.1 Å². The van der Waals surface area contributed by atoms with Crippen molar-refractivity contribution in [3.8, 4) is 29.1 Å². The number of carbonyl (C=O) groups is 1. The Morgan fingerprint density at radius 3 is 2.74 bits per heavy atom. The summed E-state index contributed by atoms with van der Waals surface area (Å²) in [7, 11) is 1.50. The van der Waals surface area contributed by atoms with Crippen LogP contribution < -0.4 is 14.2 Å². The van der Waals surface area contributed by atoms with E-state index in [-0.39, 0.29) is 13.2 Å². The number of rotatable bonds is 9. The molecule has 1 aromatic heterocycles. The SMILES string of the molecule is COc1cc(/C=C/C(=O)OCc2ccccc2Oc2cccnc2)ccc1OCC#N. The lowest BCUT2D eigenvalue weighted by Crippen LogP contribution is -2.02. The van der Waals surface area contributed by atoms with Crippen LogP contribution in [0.4, 0.5) is 0 Å². The van der Waals surface area contributed by atoms with Gasteiger partial charge in [0.25, 0.3) is 0 Å². The van der Waals surface area contributed by atoms with Gasteiger partial charge in [-0.3, -0.25) is 4.98 Å². The van der Waals surface area contributed by atoms with Crippen molar-refractivity contribution in [2.75, 3.05) is 13.7 Å². The third-order valence-electron chi connectivity index (χ3n) is 4.10. The zero-order valence-corrected chi connectivity index (χ0v) is 16.9. The van der Waals surface area contributed by atoms with Crippen molar-refractivity contribution in [1.82, 2.24) is 4.98 Å². The summed E-state index contributed by atoms with van der Waals surface area (Å²) in [5.74, 6) is 1.60. The highest BCUT2D eigenvalue weighted by molar-refractivity contribution is 5.87. The minimum atomic E-state index is -0.500. The van der Waals surface area contributed by atoms with E-state index in [4.69, 9.17) is 24.2 Å². The molecule has 1 heterocycles. The van der Waals surface area contributed by atoms with Gasteiger partial charge in [0.15, 0.2) is 18.1 Å². The fourth-order valence-corrected chi connectivity index (χ4v) is 2.64. The standard InChI is InChI=1S/C24H20N2O5/c1-28-23-15-18(8-10-22(23)29-14-12-25)9-11-24(27)30-17-19-5-2-3-7-21(19)31-20-6-4-13-26-16-20/h2-11,13,15-16H,14,17H2,1H3/b11-9+. The molecule has 3 aromatic rings. The van der Waals surface area contributed by atoms with E-state index in [2.05, 4.69) is 4.98 Å². The van der Waals surface area contributed by atoms with Gasteiger partial charge < -0.3 is 18.9 Å². The highest BCUT2D eigenvalue weighted by Crippen LogP contribution is 2.28. The second-order valence-corrected chi connectivity index (χ2v) is 6.20. The van der Waals surface area contributed by atoms with Crippen molar-refractivity contribution in [1.29, 1.82) is 5.26 Å². The highest BCUT2D eigenvalue weighted by atomic mass is 16.5. The summed E-state index contributed by atoms with van der Waals surface area (Å²) in [5.41, 5.74) is 1.45. The molecule has 0 fully saturated rings. The van der Waals surface area contributed by atoms with E-state index in [9.17, 15) is 4.79 Å². The Labute approximate surface area is 180 Å². The first-order valence-corrected chi connectivity index (χ1v) is 9.38. The zero-order chi connectivity index (χ0) is 21.9. The Balaban J connectivity index is 1.61. The summed E-state index contributed by atoms with van der Waals surface area (Å²) < 4.78 is 21.7. The number of ether oxygens (including phenoxy) is 4. The number of hydrogen-bond acceptors (Lipinski definition) is 7. The van der Waals surface area contributed by atoms with Crippen LogP contribution in [0.2, 0.25) is 0 Å². The molecule has 2 aromatic carbocycles. The number of nitrogens with zero attached hydrogens (tertiary/aromatic N) is 2. The summed E-state index contributed by atoms with van der Waals surface area (Å²) in [5, 5.41) is 8.63. The van der Waals surface area contributed by atoms with E-state index in [1.165, 1.54) is 13.2 Å². The van der Waals surface area contributed by atoms with Gasteiger partial charge >= 0.3 is 5.97 Å².